The zero-order valence-electron chi connectivity index (χ0n) is 10.3. The molecule has 1 N–H and O–H groups in total. The van der Waals surface area contributed by atoms with E-state index in [0.717, 1.165) is 12.1 Å². The fourth-order valence-corrected chi connectivity index (χ4v) is 1.66. The van der Waals surface area contributed by atoms with Crippen molar-refractivity contribution in [1.82, 2.24) is 9.78 Å². The van der Waals surface area contributed by atoms with Gasteiger partial charge in [-0.25, -0.2) is 13.9 Å². The number of carboxylic acids is 1. The third-order valence-electron chi connectivity index (χ3n) is 2.60. The molecule has 1 aromatic heterocycles. The number of carbonyl (C=O) groups is 1. The molecule has 0 saturated carbocycles. The maximum atomic E-state index is 13.7. The lowest BCUT2D eigenvalue weighted by atomic mass is 10.2. The molecule has 0 amide bonds. The van der Waals surface area contributed by atoms with Gasteiger partial charge in [0.2, 0.25) is 0 Å². The number of nitro groups is 1. The molecule has 0 aliphatic rings. The van der Waals surface area contributed by atoms with Crippen LogP contribution in [0.4, 0.5) is 23.2 Å². The normalized spacial score (nSPS) is 11.5. The molecule has 0 radical (unpaired) electrons. The van der Waals surface area contributed by atoms with Crippen molar-refractivity contribution in [2.24, 2.45) is 0 Å². The first-order chi connectivity index (χ1) is 10.1. The van der Waals surface area contributed by atoms with E-state index < -0.39 is 45.5 Å². The highest BCUT2D eigenvalue weighted by Gasteiger charge is 2.39. The molecule has 0 bridgehead atoms. The third kappa shape index (κ3) is 2.73. The van der Waals surface area contributed by atoms with Crippen molar-refractivity contribution < 1.29 is 32.4 Å². The Morgan fingerprint density at radius 1 is 1.36 bits per heavy atom. The summed E-state index contributed by atoms with van der Waals surface area (Å²) in [6.45, 7) is 0. The molecule has 2 aromatic rings. The molecule has 22 heavy (non-hydrogen) atoms. The Kier molecular flexibility index (Phi) is 3.57. The van der Waals surface area contributed by atoms with E-state index in [-0.39, 0.29) is 0 Å². The van der Waals surface area contributed by atoms with Crippen molar-refractivity contribution in [3.63, 3.8) is 0 Å². The zero-order valence-corrected chi connectivity index (χ0v) is 10.3. The molecule has 1 heterocycles. The SMILES string of the molecule is O=C(O)c1cn(-c2ccc([N+](=O)[O-])cc2F)nc1C(F)(F)F. The van der Waals surface area contributed by atoms with E-state index in [4.69, 9.17) is 5.11 Å². The molecule has 116 valence electrons. The van der Waals surface area contributed by atoms with Crippen molar-refractivity contribution in [2.75, 3.05) is 0 Å². The molecule has 1 aromatic carbocycles. The molecule has 11 heteroatoms. The predicted molar refractivity (Wildman–Crippen MR) is 62.1 cm³/mol. The Labute approximate surface area is 118 Å². The molecule has 0 aliphatic carbocycles. The molecule has 0 fully saturated rings. The number of aromatic nitrogens is 2. The van der Waals surface area contributed by atoms with Crippen LogP contribution in [0.5, 0.6) is 0 Å². The van der Waals surface area contributed by atoms with E-state index in [9.17, 15) is 32.5 Å². The van der Waals surface area contributed by atoms with Gasteiger partial charge in [-0.2, -0.15) is 18.3 Å². The summed E-state index contributed by atoms with van der Waals surface area (Å²) in [5.74, 6) is -3.11. The quantitative estimate of drug-likeness (QED) is 0.533. The van der Waals surface area contributed by atoms with Crippen LogP contribution in [0.2, 0.25) is 0 Å². The summed E-state index contributed by atoms with van der Waals surface area (Å²) in [6, 6.07) is 2.17. The smallest absolute Gasteiger partial charge is 0.436 e. The van der Waals surface area contributed by atoms with Crippen molar-refractivity contribution >= 4 is 11.7 Å². The van der Waals surface area contributed by atoms with Crippen LogP contribution in [0.25, 0.3) is 5.69 Å². The van der Waals surface area contributed by atoms with Crippen LogP contribution >= 0.6 is 0 Å². The Hall–Kier alpha value is -2.98. The predicted octanol–water partition coefficient (Wildman–Crippen LogP) is 2.64. The minimum atomic E-state index is -5.05. The van der Waals surface area contributed by atoms with Gasteiger partial charge >= 0.3 is 12.1 Å². The average molecular weight is 319 g/mol. The number of rotatable bonds is 3. The van der Waals surface area contributed by atoms with Gasteiger partial charge in [0.15, 0.2) is 11.5 Å². The minimum Gasteiger partial charge on any atom is -0.478 e. The molecule has 0 aliphatic heterocycles. The third-order valence-corrected chi connectivity index (χ3v) is 2.60. The van der Waals surface area contributed by atoms with Crippen molar-refractivity contribution in [3.05, 3.63) is 51.6 Å². The van der Waals surface area contributed by atoms with Gasteiger partial charge in [0.1, 0.15) is 11.3 Å². The average Bonchev–Trinajstić information content (AvgIpc) is 2.83. The lowest BCUT2D eigenvalue weighted by Gasteiger charge is -2.04. The van der Waals surface area contributed by atoms with E-state index in [0.29, 0.717) is 16.9 Å². The summed E-state index contributed by atoms with van der Waals surface area (Å²) in [7, 11) is 0. The fourth-order valence-electron chi connectivity index (χ4n) is 1.66. The summed E-state index contributed by atoms with van der Waals surface area (Å²) in [4.78, 5) is 20.4. The monoisotopic (exact) mass is 319 g/mol. The first-order valence-corrected chi connectivity index (χ1v) is 5.45. The molecule has 0 atom stereocenters. The first-order valence-electron chi connectivity index (χ1n) is 5.45. The number of aromatic carboxylic acids is 1. The van der Waals surface area contributed by atoms with Gasteiger partial charge < -0.3 is 5.11 Å². The van der Waals surface area contributed by atoms with Crippen LogP contribution in [0.15, 0.2) is 24.4 Å². The highest BCUT2D eigenvalue weighted by Crippen LogP contribution is 2.32. The molecule has 0 spiro atoms. The van der Waals surface area contributed by atoms with E-state index in [2.05, 4.69) is 5.10 Å². The largest absolute Gasteiger partial charge is 0.478 e. The lowest BCUT2D eigenvalue weighted by Crippen LogP contribution is -2.12. The van der Waals surface area contributed by atoms with Gasteiger partial charge in [-0.15, -0.1) is 0 Å². The number of alkyl halides is 3. The summed E-state index contributed by atoms with van der Waals surface area (Å²) in [5, 5.41) is 22.2. The Balaban J connectivity index is 2.59. The van der Waals surface area contributed by atoms with E-state index in [1.54, 1.807) is 0 Å². The summed E-state index contributed by atoms with van der Waals surface area (Å²) < 4.78 is 52.2. The number of halogens is 4. The minimum absolute atomic E-state index is 0.366. The van der Waals surface area contributed by atoms with Crippen LogP contribution in [0.3, 0.4) is 0 Å². The topological polar surface area (TPSA) is 98.3 Å². The summed E-state index contributed by atoms with van der Waals surface area (Å²) in [6.07, 6.45) is -4.56. The molecule has 0 unspecified atom stereocenters. The second-order valence-electron chi connectivity index (χ2n) is 4.03. The Morgan fingerprint density at radius 3 is 2.41 bits per heavy atom. The number of carboxylic acid groups (broad SMARTS) is 1. The Bertz CT molecular complexity index is 769. The highest BCUT2D eigenvalue weighted by atomic mass is 19.4. The van der Waals surface area contributed by atoms with Crippen LogP contribution in [-0.2, 0) is 6.18 Å². The van der Waals surface area contributed by atoms with Crippen molar-refractivity contribution in [2.45, 2.75) is 6.18 Å². The van der Waals surface area contributed by atoms with Crippen LogP contribution in [-0.4, -0.2) is 25.8 Å². The van der Waals surface area contributed by atoms with Gasteiger partial charge in [-0.05, 0) is 6.07 Å². The van der Waals surface area contributed by atoms with E-state index in [1.165, 1.54) is 0 Å². The second-order valence-corrected chi connectivity index (χ2v) is 4.03. The molecular formula is C11H5F4N3O4. The standard InChI is InChI=1S/C11H5F4N3O4/c12-7-3-5(18(21)22)1-2-8(7)17-4-6(10(19)20)9(16-17)11(13,14)15/h1-4H,(H,19,20). The maximum absolute atomic E-state index is 13.7. The van der Waals surface area contributed by atoms with Crippen LogP contribution in [0, 0.1) is 15.9 Å². The van der Waals surface area contributed by atoms with Gasteiger partial charge in [0.05, 0.1) is 11.0 Å². The van der Waals surface area contributed by atoms with E-state index in [1.807, 2.05) is 0 Å². The fraction of sp³-hybridized carbons (Fsp3) is 0.0909. The molecule has 7 nitrogen and oxygen atoms in total. The summed E-state index contributed by atoms with van der Waals surface area (Å²) in [5.41, 5.74) is -4.02. The zero-order chi connectivity index (χ0) is 16.7. The number of benzene rings is 1. The number of hydrogen-bond donors (Lipinski definition) is 1. The lowest BCUT2D eigenvalue weighted by molar-refractivity contribution is -0.385. The van der Waals surface area contributed by atoms with Crippen LogP contribution in [0.1, 0.15) is 16.1 Å². The van der Waals surface area contributed by atoms with Gasteiger partial charge in [0.25, 0.3) is 5.69 Å². The van der Waals surface area contributed by atoms with Crippen molar-refractivity contribution in [1.29, 1.82) is 0 Å². The number of nitro benzene ring substituents is 1. The van der Waals surface area contributed by atoms with Gasteiger partial charge in [-0.1, -0.05) is 0 Å². The maximum Gasteiger partial charge on any atom is 0.436 e. The van der Waals surface area contributed by atoms with E-state index >= 15 is 0 Å². The molecular weight excluding hydrogens is 314 g/mol. The molecule has 2 rings (SSSR count). The number of nitrogens with zero attached hydrogens (tertiary/aromatic N) is 3. The highest BCUT2D eigenvalue weighted by molar-refractivity contribution is 5.89. The number of non-ortho nitro benzene ring substituents is 1. The second kappa shape index (κ2) is 5.09. The Morgan fingerprint density at radius 2 is 2.00 bits per heavy atom. The van der Waals surface area contributed by atoms with Gasteiger partial charge in [0, 0.05) is 12.3 Å². The van der Waals surface area contributed by atoms with Crippen LogP contribution < -0.4 is 0 Å². The van der Waals surface area contributed by atoms with Gasteiger partial charge in [-0.3, -0.25) is 10.1 Å². The van der Waals surface area contributed by atoms with Crippen molar-refractivity contribution in [3.8, 4) is 5.69 Å². The summed E-state index contributed by atoms with van der Waals surface area (Å²) >= 11 is 0. The molecule has 0 saturated heterocycles. The number of hydrogen-bond acceptors (Lipinski definition) is 4. The first kappa shape index (κ1) is 15.4.